The first-order valence-corrected chi connectivity index (χ1v) is 8.87. The number of pyridine rings is 1. The van der Waals surface area contributed by atoms with Gasteiger partial charge >= 0.3 is 0 Å². The van der Waals surface area contributed by atoms with Crippen LogP contribution in [0, 0.1) is 6.92 Å². The van der Waals surface area contributed by atoms with Crippen molar-refractivity contribution in [1.29, 1.82) is 0 Å². The molecular weight excluding hydrogens is 338 g/mol. The summed E-state index contributed by atoms with van der Waals surface area (Å²) < 4.78 is 5.75. The molecule has 0 saturated carbocycles. The standard InChI is InChI=1S/C22H23N3O2/c1-15(2)27-21-10-5-4-9-20(21)25-22(26)17-12-19(14-23-13-17)24-18-8-6-7-16(3)11-18/h4-15,24H,1-3H3,(H,25,26). The number of aryl methyl sites for hydroxylation is 1. The van der Waals surface area contributed by atoms with Gasteiger partial charge in [0.2, 0.25) is 0 Å². The molecule has 0 atom stereocenters. The lowest BCUT2D eigenvalue weighted by molar-refractivity contribution is 0.102. The van der Waals surface area contributed by atoms with E-state index in [4.69, 9.17) is 4.74 Å². The fourth-order valence-electron chi connectivity index (χ4n) is 2.64. The number of anilines is 3. The Morgan fingerprint density at radius 1 is 1.00 bits per heavy atom. The summed E-state index contributed by atoms with van der Waals surface area (Å²) in [5.74, 6) is 0.401. The van der Waals surface area contributed by atoms with Crippen molar-refractivity contribution in [2.75, 3.05) is 10.6 Å². The van der Waals surface area contributed by atoms with Gasteiger partial charge < -0.3 is 15.4 Å². The molecule has 0 radical (unpaired) electrons. The van der Waals surface area contributed by atoms with Crippen molar-refractivity contribution in [1.82, 2.24) is 4.98 Å². The van der Waals surface area contributed by atoms with Crippen molar-refractivity contribution in [3.8, 4) is 5.75 Å². The number of carbonyl (C=O) groups excluding carboxylic acids is 1. The smallest absolute Gasteiger partial charge is 0.257 e. The maximum Gasteiger partial charge on any atom is 0.257 e. The monoisotopic (exact) mass is 361 g/mol. The number of hydrogen-bond acceptors (Lipinski definition) is 4. The molecule has 0 aliphatic heterocycles. The molecule has 138 valence electrons. The molecule has 1 amide bonds. The van der Waals surface area contributed by atoms with E-state index in [1.54, 1.807) is 18.5 Å². The Kier molecular flexibility index (Phi) is 5.71. The minimum Gasteiger partial charge on any atom is -0.489 e. The van der Waals surface area contributed by atoms with Gasteiger partial charge in [0, 0.05) is 11.9 Å². The van der Waals surface area contributed by atoms with Crippen molar-refractivity contribution in [3.63, 3.8) is 0 Å². The highest BCUT2D eigenvalue weighted by Gasteiger charge is 2.12. The third-order valence-corrected chi connectivity index (χ3v) is 3.81. The van der Waals surface area contributed by atoms with Gasteiger partial charge in [-0.3, -0.25) is 9.78 Å². The Hall–Kier alpha value is -3.34. The second-order valence-electron chi connectivity index (χ2n) is 6.57. The molecule has 3 rings (SSSR count). The van der Waals surface area contributed by atoms with Crippen LogP contribution in [0.25, 0.3) is 0 Å². The highest BCUT2D eigenvalue weighted by atomic mass is 16.5. The van der Waals surface area contributed by atoms with Crippen LogP contribution >= 0.6 is 0 Å². The van der Waals surface area contributed by atoms with Gasteiger partial charge in [-0.05, 0) is 56.7 Å². The summed E-state index contributed by atoms with van der Waals surface area (Å²) in [5, 5.41) is 6.17. The Bertz CT molecular complexity index is 938. The number of nitrogens with one attached hydrogen (secondary N) is 2. The Labute approximate surface area is 159 Å². The van der Waals surface area contributed by atoms with E-state index in [1.165, 1.54) is 0 Å². The Morgan fingerprint density at radius 3 is 2.59 bits per heavy atom. The van der Waals surface area contributed by atoms with Crippen LogP contribution in [0.4, 0.5) is 17.1 Å². The number of ether oxygens (including phenoxy) is 1. The van der Waals surface area contributed by atoms with Gasteiger partial charge in [-0.25, -0.2) is 0 Å². The molecule has 0 aliphatic carbocycles. The van der Waals surface area contributed by atoms with Gasteiger partial charge in [0.25, 0.3) is 5.91 Å². The molecule has 5 nitrogen and oxygen atoms in total. The zero-order valence-corrected chi connectivity index (χ0v) is 15.7. The number of para-hydroxylation sites is 2. The van der Waals surface area contributed by atoms with E-state index in [0.717, 1.165) is 16.9 Å². The van der Waals surface area contributed by atoms with Crippen LogP contribution in [0.3, 0.4) is 0 Å². The molecule has 1 aromatic heterocycles. The lowest BCUT2D eigenvalue weighted by atomic mass is 10.2. The normalized spacial score (nSPS) is 10.5. The van der Waals surface area contributed by atoms with Crippen molar-refractivity contribution in [2.45, 2.75) is 26.9 Å². The maximum absolute atomic E-state index is 12.7. The third-order valence-electron chi connectivity index (χ3n) is 3.81. The minimum absolute atomic E-state index is 0.0200. The minimum atomic E-state index is -0.241. The van der Waals surface area contributed by atoms with Crippen LogP contribution < -0.4 is 15.4 Å². The average Bonchev–Trinajstić information content (AvgIpc) is 2.63. The molecule has 2 aromatic carbocycles. The fraction of sp³-hybridized carbons (Fsp3) is 0.182. The molecule has 2 N–H and O–H groups in total. The quantitative estimate of drug-likeness (QED) is 0.635. The van der Waals surface area contributed by atoms with Crippen LogP contribution in [0.15, 0.2) is 67.0 Å². The van der Waals surface area contributed by atoms with Gasteiger partial charge in [0.1, 0.15) is 5.75 Å². The summed E-state index contributed by atoms with van der Waals surface area (Å²) >= 11 is 0. The van der Waals surface area contributed by atoms with E-state index in [9.17, 15) is 4.79 Å². The first kappa shape index (κ1) is 18.5. The van der Waals surface area contributed by atoms with Crippen molar-refractivity contribution < 1.29 is 9.53 Å². The molecule has 0 unspecified atom stereocenters. The molecule has 0 saturated heterocycles. The molecule has 1 heterocycles. The molecule has 3 aromatic rings. The largest absolute Gasteiger partial charge is 0.489 e. The van der Waals surface area contributed by atoms with Crippen LogP contribution in [0.5, 0.6) is 5.75 Å². The fourth-order valence-corrected chi connectivity index (χ4v) is 2.64. The zero-order chi connectivity index (χ0) is 19.2. The highest BCUT2D eigenvalue weighted by molar-refractivity contribution is 6.05. The van der Waals surface area contributed by atoms with Crippen molar-refractivity contribution >= 4 is 23.0 Å². The molecule has 0 bridgehead atoms. The van der Waals surface area contributed by atoms with Gasteiger partial charge in [-0.15, -0.1) is 0 Å². The van der Waals surface area contributed by atoms with Gasteiger partial charge in [-0.1, -0.05) is 24.3 Å². The number of amides is 1. The van der Waals surface area contributed by atoms with E-state index in [2.05, 4.69) is 15.6 Å². The summed E-state index contributed by atoms with van der Waals surface area (Å²) in [6, 6.07) is 17.2. The van der Waals surface area contributed by atoms with E-state index in [0.29, 0.717) is 17.0 Å². The van der Waals surface area contributed by atoms with E-state index >= 15 is 0 Å². The molecule has 0 aliphatic rings. The van der Waals surface area contributed by atoms with Gasteiger partial charge in [0.15, 0.2) is 0 Å². The van der Waals surface area contributed by atoms with E-state index < -0.39 is 0 Å². The first-order valence-electron chi connectivity index (χ1n) is 8.87. The first-order chi connectivity index (χ1) is 13.0. The summed E-state index contributed by atoms with van der Waals surface area (Å²) in [4.78, 5) is 16.9. The Balaban J connectivity index is 1.76. The topological polar surface area (TPSA) is 63.2 Å². The lowest BCUT2D eigenvalue weighted by Gasteiger charge is -2.15. The van der Waals surface area contributed by atoms with Gasteiger partial charge in [0.05, 0.1) is 29.2 Å². The highest BCUT2D eigenvalue weighted by Crippen LogP contribution is 2.26. The van der Waals surface area contributed by atoms with Crippen molar-refractivity contribution in [2.24, 2.45) is 0 Å². The SMILES string of the molecule is Cc1cccc(Nc2cncc(C(=O)Nc3ccccc3OC(C)C)c2)c1. The lowest BCUT2D eigenvalue weighted by Crippen LogP contribution is -2.15. The molecule has 27 heavy (non-hydrogen) atoms. The number of nitrogens with zero attached hydrogens (tertiary/aromatic N) is 1. The number of carbonyl (C=O) groups is 1. The van der Waals surface area contributed by atoms with Crippen LogP contribution in [0.1, 0.15) is 29.8 Å². The predicted octanol–water partition coefficient (Wildman–Crippen LogP) is 5.17. The summed E-state index contributed by atoms with van der Waals surface area (Å²) in [6.45, 7) is 5.93. The Morgan fingerprint density at radius 2 is 1.81 bits per heavy atom. The number of aromatic nitrogens is 1. The second-order valence-corrected chi connectivity index (χ2v) is 6.57. The summed E-state index contributed by atoms with van der Waals surface area (Å²) in [5.41, 5.74) is 3.95. The number of hydrogen-bond donors (Lipinski definition) is 2. The van der Waals surface area contributed by atoms with Gasteiger partial charge in [-0.2, -0.15) is 0 Å². The molecule has 0 spiro atoms. The number of benzene rings is 2. The predicted molar refractivity (Wildman–Crippen MR) is 109 cm³/mol. The average molecular weight is 361 g/mol. The summed E-state index contributed by atoms with van der Waals surface area (Å²) in [6.07, 6.45) is 3.25. The zero-order valence-electron chi connectivity index (χ0n) is 15.7. The van der Waals surface area contributed by atoms with Crippen molar-refractivity contribution in [3.05, 3.63) is 78.1 Å². The second kappa shape index (κ2) is 8.36. The molecular formula is C22H23N3O2. The third kappa shape index (κ3) is 5.07. The van der Waals surface area contributed by atoms with E-state index in [-0.39, 0.29) is 12.0 Å². The van der Waals surface area contributed by atoms with Crippen LogP contribution in [-0.4, -0.2) is 17.0 Å². The van der Waals surface area contributed by atoms with Crippen LogP contribution in [-0.2, 0) is 0 Å². The summed E-state index contributed by atoms with van der Waals surface area (Å²) in [7, 11) is 0. The number of rotatable bonds is 6. The van der Waals surface area contributed by atoms with Crippen LogP contribution in [0.2, 0.25) is 0 Å². The molecule has 0 fully saturated rings. The molecule has 5 heteroatoms. The maximum atomic E-state index is 12.7. The van der Waals surface area contributed by atoms with E-state index in [1.807, 2.05) is 69.3 Å².